The summed E-state index contributed by atoms with van der Waals surface area (Å²) in [5.74, 6) is 0. The van der Waals surface area contributed by atoms with Crippen molar-refractivity contribution in [3.63, 3.8) is 0 Å². The average molecular weight is 215 g/mol. The average Bonchev–Trinajstić information content (AvgIpc) is 2.25. The maximum absolute atomic E-state index is 6.28. The minimum Gasteiger partial charge on any atom is -0.385 e. The SMILES string of the molecule is COCCC(C)OCC1(N)CCCCC1. The van der Waals surface area contributed by atoms with Crippen molar-refractivity contribution in [1.82, 2.24) is 0 Å². The summed E-state index contributed by atoms with van der Waals surface area (Å²) in [4.78, 5) is 0. The largest absolute Gasteiger partial charge is 0.385 e. The third-order valence-corrected chi connectivity index (χ3v) is 3.23. The smallest absolute Gasteiger partial charge is 0.0649 e. The molecule has 15 heavy (non-hydrogen) atoms. The van der Waals surface area contributed by atoms with Crippen molar-refractivity contribution in [2.45, 2.75) is 57.1 Å². The van der Waals surface area contributed by atoms with Gasteiger partial charge in [-0.2, -0.15) is 0 Å². The molecule has 90 valence electrons. The molecule has 3 nitrogen and oxygen atoms in total. The normalized spacial score (nSPS) is 22.6. The van der Waals surface area contributed by atoms with Gasteiger partial charge in [0.05, 0.1) is 12.7 Å². The number of hydrogen-bond acceptors (Lipinski definition) is 3. The van der Waals surface area contributed by atoms with Gasteiger partial charge in [-0.3, -0.25) is 0 Å². The monoisotopic (exact) mass is 215 g/mol. The lowest BCUT2D eigenvalue weighted by Gasteiger charge is -2.34. The van der Waals surface area contributed by atoms with Gasteiger partial charge in [-0.05, 0) is 26.2 Å². The Morgan fingerprint density at radius 2 is 1.93 bits per heavy atom. The maximum atomic E-state index is 6.28. The van der Waals surface area contributed by atoms with E-state index in [1.54, 1.807) is 7.11 Å². The zero-order chi connectivity index (χ0) is 11.1. The number of ether oxygens (including phenoxy) is 2. The van der Waals surface area contributed by atoms with Gasteiger partial charge in [0.2, 0.25) is 0 Å². The Labute approximate surface area is 93.3 Å². The first kappa shape index (κ1) is 12.9. The van der Waals surface area contributed by atoms with E-state index >= 15 is 0 Å². The second-order valence-corrected chi connectivity index (χ2v) is 4.83. The molecule has 0 aliphatic heterocycles. The third kappa shape index (κ3) is 4.96. The van der Waals surface area contributed by atoms with E-state index in [0.717, 1.165) is 25.9 Å². The predicted octanol–water partition coefficient (Wildman–Crippen LogP) is 2.09. The van der Waals surface area contributed by atoms with E-state index in [4.69, 9.17) is 15.2 Å². The lowest BCUT2D eigenvalue weighted by molar-refractivity contribution is 0.00372. The quantitative estimate of drug-likeness (QED) is 0.738. The van der Waals surface area contributed by atoms with Crippen LogP contribution in [-0.2, 0) is 9.47 Å². The highest BCUT2D eigenvalue weighted by Crippen LogP contribution is 2.26. The van der Waals surface area contributed by atoms with Crippen LogP contribution in [0.25, 0.3) is 0 Å². The summed E-state index contributed by atoms with van der Waals surface area (Å²) in [6.07, 6.45) is 7.28. The molecule has 2 N–H and O–H groups in total. The molecule has 1 aliphatic rings. The molecule has 0 saturated heterocycles. The second-order valence-electron chi connectivity index (χ2n) is 4.83. The molecular weight excluding hydrogens is 190 g/mol. The summed E-state index contributed by atoms with van der Waals surface area (Å²) in [6, 6.07) is 0. The fraction of sp³-hybridized carbons (Fsp3) is 1.00. The van der Waals surface area contributed by atoms with Crippen LogP contribution in [0.3, 0.4) is 0 Å². The van der Waals surface area contributed by atoms with Gasteiger partial charge in [0.15, 0.2) is 0 Å². The molecule has 0 heterocycles. The van der Waals surface area contributed by atoms with Crippen LogP contribution in [0.2, 0.25) is 0 Å². The van der Waals surface area contributed by atoms with Crippen molar-refractivity contribution < 1.29 is 9.47 Å². The van der Waals surface area contributed by atoms with Crippen LogP contribution in [0.4, 0.5) is 0 Å². The van der Waals surface area contributed by atoms with Crippen molar-refractivity contribution in [1.29, 1.82) is 0 Å². The Kier molecular flexibility index (Phi) is 5.58. The lowest BCUT2D eigenvalue weighted by Crippen LogP contribution is -2.46. The van der Waals surface area contributed by atoms with Crippen LogP contribution in [0.5, 0.6) is 0 Å². The highest BCUT2D eigenvalue weighted by molar-refractivity contribution is 4.87. The van der Waals surface area contributed by atoms with Crippen LogP contribution < -0.4 is 5.73 Å². The van der Waals surface area contributed by atoms with E-state index < -0.39 is 0 Å². The highest BCUT2D eigenvalue weighted by atomic mass is 16.5. The molecule has 1 saturated carbocycles. The van der Waals surface area contributed by atoms with E-state index in [9.17, 15) is 0 Å². The summed E-state index contributed by atoms with van der Waals surface area (Å²) >= 11 is 0. The van der Waals surface area contributed by atoms with Crippen molar-refractivity contribution in [3.05, 3.63) is 0 Å². The van der Waals surface area contributed by atoms with Gasteiger partial charge in [0.25, 0.3) is 0 Å². The predicted molar refractivity (Wildman–Crippen MR) is 61.9 cm³/mol. The number of rotatable bonds is 6. The van der Waals surface area contributed by atoms with Crippen LogP contribution in [0.15, 0.2) is 0 Å². The molecule has 0 bridgehead atoms. The zero-order valence-corrected chi connectivity index (χ0v) is 10.1. The zero-order valence-electron chi connectivity index (χ0n) is 10.1. The van der Waals surface area contributed by atoms with Crippen LogP contribution in [-0.4, -0.2) is 32.0 Å². The molecule has 1 rings (SSSR count). The fourth-order valence-electron chi connectivity index (χ4n) is 2.08. The van der Waals surface area contributed by atoms with Crippen molar-refractivity contribution >= 4 is 0 Å². The summed E-state index contributed by atoms with van der Waals surface area (Å²) in [7, 11) is 1.72. The second kappa shape index (κ2) is 6.46. The first-order valence-electron chi connectivity index (χ1n) is 6.06. The van der Waals surface area contributed by atoms with Crippen molar-refractivity contribution in [3.8, 4) is 0 Å². The maximum Gasteiger partial charge on any atom is 0.0649 e. The molecule has 3 heteroatoms. The Hall–Kier alpha value is -0.120. The van der Waals surface area contributed by atoms with Gasteiger partial charge in [-0.25, -0.2) is 0 Å². The van der Waals surface area contributed by atoms with Crippen LogP contribution in [0, 0.1) is 0 Å². The minimum atomic E-state index is -0.0560. The van der Waals surface area contributed by atoms with Gasteiger partial charge < -0.3 is 15.2 Å². The molecule has 0 aromatic heterocycles. The summed E-state index contributed by atoms with van der Waals surface area (Å²) in [6.45, 7) is 3.56. The molecule has 1 fully saturated rings. The first-order valence-corrected chi connectivity index (χ1v) is 6.06. The first-order chi connectivity index (χ1) is 7.16. The standard InChI is InChI=1S/C12H25NO2/c1-11(6-9-14-2)15-10-12(13)7-4-3-5-8-12/h11H,3-10,13H2,1-2H3. The van der Waals surface area contributed by atoms with Crippen LogP contribution in [0.1, 0.15) is 45.4 Å². The number of methoxy groups -OCH3 is 1. The number of hydrogen-bond donors (Lipinski definition) is 1. The molecule has 1 aliphatic carbocycles. The Balaban J connectivity index is 2.16. The van der Waals surface area contributed by atoms with E-state index in [2.05, 4.69) is 6.92 Å². The Bertz CT molecular complexity index is 167. The van der Waals surface area contributed by atoms with E-state index in [0.29, 0.717) is 6.61 Å². The van der Waals surface area contributed by atoms with Gasteiger partial charge in [0.1, 0.15) is 0 Å². The lowest BCUT2D eigenvalue weighted by atomic mass is 9.83. The van der Waals surface area contributed by atoms with E-state index in [1.807, 2.05) is 0 Å². The molecule has 0 aromatic carbocycles. The fourth-order valence-corrected chi connectivity index (χ4v) is 2.08. The summed E-state index contributed by atoms with van der Waals surface area (Å²) in [5, 5.41) is 0. The molecule has 1 unspecified atom stereocenters. The number of nitrogens with two attached hydrogens (primary N) is 1. The molecular formula is C12H25NO2. The van der Waals surface area contributed by atoms with Gasteiger partial charge in [-0.1, -0.05) is 19.3 Å². The highest BCUT2D eigenvalue weighted by Gasteiger charge is 2.28. The molecule has 0 aromatic rings. The van der Waals surface area contributed by atoms with Crippen molar-refractivity contribution in [2.75, 3.05) is 20.3 Å². The molecule has 1 atom stereocenters. The minimum absolute atomic E-state index is 0.0560. The van der Waals surface area contributed by atoms with Gasteiger partial charge in [0, 0.05) is 19.3 Å². The van der Waals surface area contributed by atoms with Crippen LogP contribution >= 0.6 is 0 Å². The molecule has 0 amide bonds. The van der Waals surface area contributed by atoms with E-state index in [-0.39, 0.29) is 11.6 Å². The Morgan fingerprint density at radius 3 is 2.53 bits per heavy atom. The topological polar surface area (TPSA) is 44.5 Å². The van der Waals surface area contributed by atoms with Gasteiger partial charge in [-0.15, -0.1) is 0 Å². The third-order valence-electron chi connectivity index (χ3n) is 3.23. The van der Waals surface area contributed by atoms with E-state index in [1.165, 1.54) is 19.3 Å². The van der Waals surface area contributed by atoms with Gasteiger partial charge >= 0.3 is 0 Å². The van der Waals surface area contributed by atoms with Crippen molar-refractivity contribution in [2.24, 2.45) is 5.73 Å². The Morgan fingerprint density at radius 1 is 1.27 bits per heavy atom. The molecule has 0 radical (unpaired) electrons. The summed E-state index contributed by atoms with van der Waals surface area (Å²) in [5.41, 5.74) is 6.22. The summed E-state index contributed by atoms with van der Waals surface area (Å²) < 4.78 is 10.8. The molecule has 0 spiro atoms.